The SMILES string of the molecule is CCCCCCCCCCCC/C=C\CCCCCCCCC(O)C(=O)NC(CS(=O)(=O)O)C(O)CCCCCCCCCCCCCCCCCCC. The highest BCUT2D eigenvalue weighted by Crippen LogP contribution is 2.17. The first kappa shape index (κ1) is 53.0. The van der Waals surface area contributed by atoms with Gasteiger partial charge in [-0.2, -0.15) is 8.42 Å². The third-order valence-corrected chi connectivity index (χ3v) is 11.9. The Morgan fingerprint density at radius 1 is 0.481 bits per heavy atom. The molecule has 1 amide bonds. The van der Waals surface area contributed by atoms with Gasteiger partial charge >= 0.3 is 0 Å². The molecule has 0 aromatic heterocycles. The number of hydrogen-bond acceptors (Lipinski definition) is 5. The first-order chi connectivity index (χ1) is 26.2. The maximum absolute atomic E-state index is 12.7. The van der Waals surface area contributed by atoms with Gasteiger partial charge in [-0.1, -0.05) is 225 Å². The maximum Gasteiger partial charge on any atom is 0.266 e. The highest BCUT2D eigenvalue weighted by Gasteiger charge is 2.28. The molecule has 3 atom stereocenters. The second-order valence-electron chi connectivity index (χ2n) is 16.5. The van der Waals surface area contributed by atoms with Crippen LogP contribution in [0.5, 0.6) is 0 Å². The van der Waals surface area contributed by atoms with Gasteiger partial charge in [0.05, 0.1) is 17.9 Å². The summed E-state index contributed by atoms with van der Waals surface area (Å²) >= 11 is 0. The average molecular weight is 786 g/mol. The Bertz CT molecular complexity index is 926. The highest BCUT2D eigenvalue weighted by atomic mass is 32.2. The Kier molecular flexibility index (Phi) is 39.5. The minimum Gasteiger partial charge on any atom is -0.391 e. The van der Waals surface area contributed by atoms with E-state index in [0.717, 1.165) is 51.4 Å². The number of rotatable bonds is 43. The van der Waals surface area contributed by atoms with Crippen LogP contribution in [0.1, 0.15) is 251 Å². The number of nitrogens with one attached hydrogen (secondary N) is 1. The number of allylic oxidation sites excluding steroid dienone is 2. The van der Waals surface area contributed by atoms with Crippen LogP contribution >= 0.6 is 0 Å². The number of amides is 1. The van der Waals surface area contributed by atoms with Crippen molar-refractivity contribution in [3.63, 3.8) is 0 Å². The standard InChI is InChI=1S/C46H91NO6S/c1-3-5-7-9-11-13-15-17-19-21-22-23-25-27-29-31-33-35-37-39-41-45(49)46(50)47-43(42-54(51,52)53)44(48)40-38-36-34-32-30-28-26-24-20-18-16-14-12-10-8-6-4-2/h23,25,43-45,48-49H,3-22,24,26-42H2,1-2H3,(H,47,50)(H,51,52,53)/b25-23-. The number of aliphatic hydroxyl groups is 2. The van der Waals surface area contributed by atoms with E-state index in [1.54, 1.807) is 0 Å². The second-order valence-corrected chi connectivity index (χ2v) is 18.0. The number of carbonyl (C=O) groups excluding carboxylic acids is 1. The average Bonchev–Trinajstić information content (AvgIpc) is 3.14. The molecule has 0 fully saturated rings. The summed E-state index contributed by atoms with van der Waals surface area (Å²) in [5, 5.41) is 23.6. The van der Waals surface area contributed by atoms with E-state index in [9.17, 15) is 28.0 Å². The fraction of sp³-hybridized carbons (Fsp3) is 0.935. The summed E-state index contributed by atoms with van der Waals surface area (Å²) in [6.07, 6.45) is 46.6. The fourth-order valence-corrected chi connectivity index (χ4v) is 8.22. The zero-order chi connectivity index (χ0) is 39.8. The molecule has 0 spiro atoms. The summed E-state index contributed by atoms with van der Waals surface area (Å²) in [5.41, 5.74) is 0. The van der Waals surface area contributed by atoms with Crippen molar-refractivity contribution in [2.24, 2.45) is 0 Å². The molecule has 7 nitrogen and oxygen atoms in total. The smallest absolute Gasteiger partial charge is 0.266 e. The van der Waals surface area contributed by atoms with Gasteiger partial charge in [0.15, 0.2) is 0 Å². The Labute approximate surface area is 335 Å². The van der Waals surface area contributed by atoms with Crippen molar-refractivity contribution >= 4 is 16.0 Å². The Hall–Kier alpha value is -0.960. The first-order valence-corrected chi connectivity index (χ1v) is 25.1. The lowest BCUT2D eigenvalue weighted by atomic mass is 10.0. The van der Waals surface area contributed by atoms with E-state index in [0.29, 0.717) is 19.3 Å². The van der Waals surface area contributed by atoms with Gasteiger partial charge in [-0.05, 0) is 38.5 Å². The molecular weight excluding hydrogens is 695 g/mol. The largest absolute Gasteiger partial charge is 0.391 e. The van der Waals surface area contributed by atoms with Crippen molar-refractivity contribution in [3.05, 3.63) is 12.2 Å². The van der Waals surface area contributed by atoms with Gasteiger partial charge < -0.3 is 15.5 Å². The lowest BCUT2D eigenvalue weighted by molar-refractivity contribution is -0.131. The van der Waals surface area contributed by atoms with Crippen LogP contribution in [0.3, 0.4) is 0 Å². The molecule has 54 heavy (non-hydrogen) atoms. The van der Waals surface area contributed by atoms with Crippen LogP contribution in [0.25, 0.3) is 0 Å². The summed E-state index contributed by atoms with van der Waals surface area (Å²) in [6, 6.07) is -1.15. The molecule has 0 rings (SSSR count). The van der Waals surface area contributed by atoms with Crippen LogP contribution in [-0.2, 0) is 14.9 Å². The highest BCUT2D eigenvalue weighted by molar-refractivity contribution is 7.85. The van der Waals surface area contributed by atoms with Crippen molar-refractivity contribution < 1.29 is 28.0 Å². The van der Waals surface area contributed by atoms with Gasteiger partial charge in [-0.3, -0.25) is 9.35 Å². The Morgan fingerprint density at radius 3 is 1.11 bits per heavy atom. The third kappa shape index (κ3) is 39.3. The van der Waals surface area contributed by atoms with Gasteiger partial charge in [0.1, 0.15) is 6.10 Å². The van der Waals surface area contributed by atoms with Crippen molar-refractivity contribution in [2.75, 3.05) is 5.75 Å². The molecule has 0 aliphatic rings. The normalized spacial score (nSPS) is 13.8. The van der Waals surface area contributed by atoms with Crippen LogP contribution in [-0.4, -0.2) is 53.1 Å². The monoisotopic (exact) mass is 786 g/mol. The van der Waals surface area contributed by atoms with E-state index in [1.807, 2.05) is 0 Å². The second kappa shape index (κ2) is 40.2. The molecule has 0 aromatic carbocycles. The quantitative estimate of drug-likeness (QED) is 0.0277. The van der Waals surface area contributed by atoms with Crippen LogP contribution in [0.2, 0.25) is 0 Å². The molecular formula is C46H91NO6S. The van der Waals surface area contributed by atoms with Crippen molar-refractivity contribution in [2.45, 2.75) is 270 Å². The van der Waals surface area contributed by atoms with Gasteiger partial charge in [0.25, 0.3) is 10.1 Å². The zero-order valence-corrected chi connectivity index (χ0v) is 36.5. The number of aliphatic hydroxyl groups excluding tert-OH is 2. The molecule has 322 valence electrons. The molecule has 3 unspecified atom stereocenters. The fourth-order valence-electron chi connectivity index (χ4n) is 7.46. The summed E-state index contributed by atoms with van der Waals surface area (Å²) in [5.74, 6) is -1.45. The van der Waals surface area contributed by atoms with E-state index in [4.69, 9.17) is 0 Å². The van der Waals surface area contributed by atoms with E-state index in [-0.39, 0.29) is 0 Å². The molecule has 0 aromatic rings. The predicted molar refractivity (Wildman–Crippen MR) is 232 cm³/mol. The van der Waals surface area contributed by atoms with Gasteiger partial charge in [0.2, 0.25) is 5.91 Å². The number of carbonyl (C=O) groups is 1. The van der Waals surface area contributed by atoms with Crippen molar-refractivity contribution in [1.29, 1.82) is 0 Å². The summed E-state index contributed by atoms with van der Waals surface area (Å²) in [4.78, 5) is 12.7. The first-order valence-electron chi connectivity index (χ1n) is 23.5. The maximum atomic E-state index is 12.7. The summed E-state index contributed by atoms with van der Waals surface area (Å²) in [7, 11) is -4.41. The lowest BCUT2D eigenvalue weighted by Gasteiger charge is -2.24. The minimum absolute atomic E-state index is 0.293. The van der Waals surface area contributed by atoms with Crippen LogP contribution in [0, 0.1) is 0 Å². The van der Waals surface area contributed by atoms with Gasteiger partial charge in [-0.15, -0.1) is 0 Å². The van der Waals surface area contributed by atoms with Crippen molar-refractivity contribution in [3.8, 4) is 0 Å². The van der Waals surface area contributed by atoms with Crippen LogP contribution < -0.4 is 5.32 Å². The molecule has 0 radical (unpaired) electrons. The molecule has 0 saturated carbocycles. The van der Waals surface area contributed by atoms with Crippen LogP contribution in [0.4, 0.5) is 0 Å². The van der Waals surface area contributed by atoms with E-state index < -0.39 is 40.0 Å². The lowest BCUT2D eigenvalue weighted by Crippen LogP contribution is -2.50. The predicted octanol–water partition coefficient (Wildman–Crippen LogP) is 13.1. The summed E-state index contributed by atoms with van der Waals surface area (Å²) < 4.78 is 32.7. The third-order valence-electron chi connectivity index (χ3n) is 11.1. The van der Waals surface area contributed by atoms with E-state index >= 15 is 0 Å². The van der Waals surface area contributed by atoms with E-state index in [2.05, 4.69) is 31.3 Å². The van der Waals surface area contributed by atoms with Gasteiger partial charge in [-0.25, -0.2) is 0 Å². The molecule has 0 aliphatic carbocycles. The molecule has 0 heterocycles. The minimum atomic E-state index is -4.41. The topological polar surface area (TPSA) is 124 Å². The molecule has 0 saturated heterocycles. The zero-order valence-electron chi connectivity index (χ0n) is 35.7. The van der Waals surface area contributed by atoms with Gasteiger partial charge in [0, 0.05) is 0 Å². The molecule has 0 bridgehead atoms. The Balaban J connectivity index is 3.89. The molecule has 0 aliphatic heterocycles. The Morgan fingerprint density at radius 2 is 0.778 bits per heavy atom. The molecule has 8 heteroatoms. The number of hydrogen-bond donors (Lipinski definition) is 4. The number of unbranched alkanes of at least 4 members (excludes halogenated alkanes) is 32. The molecule has 4 N–H and O–H groups in total. The van der Waals surface area contributed by atoms with Crippen LogP contribution in [0.15, 0.2) is 12.2 Å². The van der Waals surface area contributed by atoms with Crippen molar-refractivity contribution in [1.82, 2.24) is 5.32 Å². The summed E-state index contributed by atoms with van der Waals surface area (Å²) in [6.45, 7) is 4.53. The van der Waals surface area contributed by atoms with E-state index in [1.165, 1.54) is 167 Å².